The van der Waals surface area contributed by atoms with Gasteiger partial charge in [0, 0.05) is 0 Å². The van der Waals surface area contributed by atoms with Gasteiger partial charge in [0.15, 0.2) is 6.04 Å². The van der Waals surface area contributed by atoms with E-state index in [0.717, 1.165) is 0 Å². The monoisotopic (exact) mass is 265 g/mol. The van der Waals surface area contributed by atoms with Crippen molar-refractivity contribution < 1.29 is 19.4 Å². The van der Waals surface area contributed by atoms with Crippen LogP contribution in [0.25, 0.3) is 0 Å². The van der Waals surface area contributed by atoms with Crippen LogP contribution in [0.2, 0.25) is 0 Å². The van der Waals surface area contributed by atoms with Crippen LogP contribution in [0.4, 0.5) is 0 Å². The van der Waals surface area contributed by atoms with Crippen molar-refractivity contribution >= 4 is 11.9 Å². The normalized spacial score (nSPS) is 12.8. The second-order valence-corrected chi connectivity index (χ2v) is 5.15. The van der Waals surface area contributed by atoms with Crippen LogP contribution in [0, 0.1) is 0 Å². The Balaban J connectivity index is 2.65. The number of hydrogen-bond donors (Lipinski definition) is 2. The van der Waals surface area contributed by atoms with Crippen LogP contribution in [-0.4, -0.2) is 29.2 Å². The van der Waals surface area contributed by atoms with E-state index in [2.05, 4.69) is 5.32 Å². The molecule has 0 spiro atoms. The molecule has 0 fully saturated rings. The smallest absolute Gasteiger partial charge is 0.330 e. The summed E-state index contributed by atoms with van der Waals surface area (Å²) in [5.41, 5.74) is 0.0853. The number of amides is 1. The zero-order valence-corrected chi connectivity index (χ0v) is 11.3. The third-order valence-corrected chi connectivity index (χ3v) is 2.32. The minimum absolute atomic E-state index is 0.167. The van der Waals surface area contributed by atoms with Crippen molar-refractivity contribution in [3.63, 3.8) is 0 Å². The molecule has 1 aromatic carbocycles. The van der Waals surface area contributed by atoms with E-state index in [0.29, 0.717) is 5.56 Å². The maximum atomic E-state index is 11.7. The fraction of sp³-hybridized carbons (Fsp3) is 0.429. The van der Waals surface area contributed by atoms with Gasteiger partial charge in [-0.1, -0.05) is 30.3 Å². The Kier molecular flexibility index (Phi) is 5.06. The van der Waals surface area contributed by atoms with E-state index in [4.69, 9.17) is 9.84 Å². The lowest BCUT2D eigenvalue weighted by molar-refractivity contribution is -0.143. The zero-order chi connectivity index (χ0) is 14.5. The van der Waals surface area contributed by atoms with Gasteiger partial charge >= 0.3 is 5.97 Å². The highest BCUT2D eigenvalue weighted by molar-refractivity contribution is 5.85. The Bertz CT molecular complexity index is 437. The fourth-order valence-corrected chi connectivity index (χ4v) is 1.42. The fourth-order valence-electron chi connectivity index (χ4n) is 1.42. The summed E-state index contributed by atoms with van der Waals surface area (Å²) in [6, 6.07) is 7.49. The molecule has 104 valence electrons. The summed E-state index contributed by atoms with van der Waals surface area (Å²) in [5, 5.41) is 11.6. The number of rotatable bonds is 5. The summed E-state index contributed by atoms with van der Waals surface area (Å²) in [5.74, 6) is -1.55. The Hall–Kier alpha value is -1.88. The highest BCUT2D eigenvalue weighted by atomic mass is 16.5. The summed E-state index contributed by atoms with van der Waals surface area (Å²) in [7, 11) is 0. The van der Waals surface area contributed by atoms with Gasteiger partial charge in [-0.05, 0) is 26.3 Å². The molecule has 0 aliphatic heterocycles. The molecular weight excluding hydrogens is 246 g/mol. The van der Waals surface area contributed by atoms with Crippen molar-refractivity contribution in [2.75, 3.05) is 6.61 Å². The average molecular weight is 265 g/mol. The molecule has 0 saturated carbocycles. The van der Waals surface area contributed by atoms with Gasteiger partial charge in [0.25, 0.3) is 0 Å². The van der Waals surface area contributed by atoms with Crippen LogP contribution in [0.3, 0.4) is 0 Å². The Labute approximate surface area is 112 Å². The SMILES string of the molecule is CC(C)(C)OCC(=O)N[C@H](C(=O)O)c1ccccc1. The van der Waals surface area contributed by atoms with Crippen LogP contribution < -0.4 is 5.32 Å². The molecule has 1 amide bonds. The van der Waals surface area contributed by atoms with Gasteiger partial charge < -0.3 is 15.2 Å². The van der Waals surface area contributed by atoms with Crippen LogP contribution in [0.5, 0.6) is 0 Å². The third-order valence-electron chi connectivity index (χ3n) is 2.32. The van der Waals surface area contributed by atoms with Crippen molar-refractivity contribution in [1.29, 1.82) is 0 Å². The van der Waals surface area contributed by atoms with Crippen LogP contribution in [-0.2, 0) is 14.3 Å². The average Bonchev–Trinajstić information content (AvgIpc) is 2.33. The molecule has 0 aromatic heterocycles. The molecule has 5 nitrogen and oxygen atoms in total. The molecule has 19 heavy (non-hydrogen) atoms. The van der Waals surface area contributed by atoms with Gasteiger partial charge in [-0.25, -0.2) is 4.79 Å². The maximum Gasteiger partial charge on any atom is 0.330 e. The minimum Gasteiger partial charge on any atom is -0.479 e. The van der Waals surface area contributed by atoms with E-state index in [1.165, 1.54) is 0 Å². The Morgan fingerprint density at radius 2 is 1.84 bits per heavy atom. The predicted octanol–water partition coefficient (Wildman–Crippen LogP) is 1.74. The Morgan fingerprint density at radius 1 is 1.26 bits per heavy atom. The van der Waals surface area contributed by atoms with Gasteiger partial charge in [-0.3, -0.25) is 4.79 Å². The number of carbonyl (C=O) groups excluding carboxylic acids is 1. The number of carboxylic acids is 1. The number of benzene rings is 1. The predicted molar refractivity (Wildman–Crippen MR) is 70.7 cm³/mol. The number of nitrogens with one attached hydrogen (secondary N) is 1. The second-order valence-electron chi connectivity index (χ2n) is 5.15. The first kappa shape index (κ1) is 15.2. The maximum absolute atomic E-state index is 11.7. The number of carboxylic acid groups (broad SMARTS) is 1. The zero-order valence-electron chi connectivity index (χ0n) is 11.3. The molecule has 5 heteroatoms. The lowest BCUT2D eigenvalue weighted by Gasteiger charge is -2.20. The number of carbonyl (C=O) groups is 2. The summed E-state index contributed by atoms with van der Waals surface area (Å²) >= 11 is 0. The number of aliphatic carboxylic acids is 1. The van der Waals surface area contributed by atoms with E-state index in [9.17, 15) is 9.59 Å². The van der Waals surface area contributed by atoms with Crippen molar-refractivity contribution in [1.82, 2.24) is 5.32 Å². The first-order valence-corrected chi connectivity index (χ1v) is 6.00. The van der Waals surface area contributed by atoms with Crippen molar-refractivity contribution in [3.05, 3.63) is 35.9 Å². The molecule has 1 atom stereocenters. The van der Waals surface area contributed by atoms with E-state index < -0.39 is 23.5 Å². The molecule has 0 unspecified atom stereocenters. The minimum atomic E-state index is -1.10. The van der Waals surface area contributed by atoms with Crippen LogP contribution in [0.1, 0.15) is 32.4 Å². The third kappa shape index (κ3) is 5.52. The summed E-state index contributed by atoms with van der Waals surface area (Å²) in [4.78, 5) is 22.9. The largest absolute Gasteiger partial charge is 0.479 e. The summed E-state index contributed by atoms with van der Waals surface area (Å²) in [6.45, 7) is 5.31. The molecular formula is C14H19NO4. The number of ether oxygens (including phenoxy) is 1. The molecule has 0 radical (unpaired) electrons. The van der Waals surface area contributed by atoms with Gasteiger partial charge in [-0.2, -0.15) is 0 Å². The van der Waals surface area contributed by atoms with Crippen LogP contribution >= 0.6 is 0 Å². The highest BCUT2D eigenvalue weighted by Crippen LogP contribution is 2.13. The Morgan fingerprint density at radius 3 is 2.32 bits per heavy atom. The molecule has 0 aliphatic rings. The molecule has 0 saturated heterocycles. The van der Waals surface area contributed by atoms with Gasteiger partial charge in [-0.15, -0.1) is 0 Å². The highest BCUT2D eigenvalue weighted by Gasteiger charge is 2.22. The van der Waals surface area contributed by atoms with E-state index in [1.54, 1.807) is 30.3 Å². The standard InChI is InChI=1S/C14H19NO4/c1-14(2,3)19-9-11(16)15-12(13(17)18)10-7-5-4-6-8-10/h4-8,12H,9H2,1-3H3,(H,15,16)(H,17,18)/t12-/m0/s1. The van der Waals surface area contributed by atoms with Crippen molar-refractivity contribution in [2.24, 2.45) is 0 Å². The lowest BCUT2D eigenvalue weighted by Crippen LogP contribution is -2.37. The van der Waals surface area contributed by atoms with E-state index >= 15 is 0 Å². The van der Waals surface area contributed by atoms with E-state index in [1.807, 2.05) is 20.8 Å². The first-order valence-electron chi connectivity index (χ1n) is 6.00. The molecule has 1 rings (SSSR count). The molecule has 0 aliphatic carbocycles. The van der Waals surface area contributed by atoms with Gasteiger partial charge in [0.1, 0.15) is 6.61 Å². The molecule has 0 heterocycles. The quantitative estimate of drug-likeness (QED) is 0.850. The molecule has 1 aromatic rings. The van der Waals surface area contributed by atoms with E-state index in [-0.39, 0.29) is 6.61 Å². The van der Waals surface area contributed by atoms with Crippen LogP contribution in [0.15, 0.2) is 30.3 Å². The lowest BCUT2D eigenvalue weighted by atomic mass is 10.1. The van der Waals surface area contributed by atoms with Crippen molar-refractivity contribution in [2.45, 2.75) is 32.4 Å². The number of hydrogen-bond acceptors (Lipinski definition) is 3. The van der Waals surface area contributed by atoms with Gasteiger partial charge in [0.05, 0.1) is 5.60 Å². The van der Waals surface area contributed by atoms with Gasteiger partial charge in [0.2, 0.25) is 5.91 Å². The second kappa shape index (κ2) is 6.33. The topological polar surface area (TPSA) is 75.6 Å². The van der Waals surface area contributed by atoms with Crippen molar-refractivity contribution in [3.8, 4) is 0 Å². The first-order chi connectivity index (χ1) is 8.79. The molecule has 2 N–H and O–H groups in total. The summed E-state index contributed by atoms with van der Waals surface area (Å²) < 4.78 is 5.30. The molecule has 0 bridgehead atoms. The summed E-state index contributed by atoms with van der Waals surface area (Å²) in [6.07, 6.45) is 0.